The highest BCUT2D eigenvalue weighted by molar-refractivity contribution is 5.90. The van der Waals surface area contributed by atoms with Gasteiger partial charge in [-0.3, -0.25) is 4.79 Å². The van der Waals surface area contributed by atoms with Crippen LogP contribution >= 0.6 is 0 Å². The zero-order chi connectivity index (χ0) is 18.0. The van der Waals surface area contributed by atoms with E-state index in [1.54, 1.807) is 14.2 Å². The van der Waals surface area contributed by atoms with E-state index in [9.17, 15) is 4.79 Å². The van der Waals surface area contributed by atoms with E-state index < -0.39 is 5.41 Å². The largest absolute Gasteiger partial charge is 0.493 e. The Morgan fingerprint density at radius 1 is 1.20 bits per heavy atom. The summed E-state index contributed by atoms with van der Waals surface area (Å²) in [5.41, 5.74) is 2.84. The van der Waals surface area contributed by atoms with Crippen LogP contribution in [0.2, 0.25) is 0 Å². The molecule has 1 saturated carbocycles. The number of carbonyl (C=O) groups excluding carboxylic acids is 1. The molecule has 0 amide bonds. The highest BCUT2D eigenvalue weighted by Crippen LogP contribution is 2.66. The fraction of sp³-hybridized carbons (Fsp3) is 0.667. The quantitative estimate of drug-likeness (QED) is 0.766. The lowest BCUT2D eigenvalue weighted by Gasteiger charge is -2.59. The molecule has 2 fully saturated rings. The number of rotatable bonds is 3. The Kier molecular flexibility index (Phi) is 3.61. The molecular formula is C21H28O4. The average Bonchev–Trinajstić information content (AvgIpc) is 2.59. The Hall–Kier alpha value is -1.71. The summed E-state index contributed by atoms with van der Waals surface area (Å²) in [5.74, 6) is 1.76. The number of benzene rings is 1. The molecule has 2 aliphatic heterocycles. The molecule has 2 bridgehead atoms. The molecule has 1 aromatic rings. The molecular weight excluding hydrogens is 316 g/mol. The lowest BCUT2D eigenvalue weighted by Crippen LogP contribution is -2.59. The number of fused-ring (bicyclic) bond motifs is 1. The van der Waals surface area contributed by atoms with Crippen LogP contribution in [-0.4, -0.2) is 20.2 Å². The second kappa shape index (κ2) is 5.39. The van der Waals surface area contributed by atoms with Gasteiger partial charge >= 0.3 is 5.97 Å². The smallest absolute Gasteiger partial charge is 0.317 e. The predicted octanol–water partition coefficient (Wildman–Crippen LogP) is 4.33. The minimum Gasteiger partial charge on any atom is -0.493 e. The van der Waals surface area contributed by atoms with Gasteiger partial charge in [-0.1, -0.05) is 27.2 Å². The number of ether oxygens (including phenoxy) is 3. The maximum atomic E-state index is 13.2. The summed E-state index contributed by atoms with van der Waals surface area (Å²) in [4.78, 5) is 13.2. The minimum absolute atomic E-state index is 0.0568. The first-order valence-electron chi connectivity index (χ1n) is 9.40. The van der Waals surface area contributed by atoms with Crippen molar-refractivity contribution < 1.29 is 19.0 Å². The van der Waals surface area contributed by atoms with E-state index in [-0.39, 0.29) is 17.5 Å². The van der Waals surface area contributed by atoms with Gasteiger partial charge in [0.1, 0.15) is 11.5 Å². The molecule has 4 heteroatoms. The van der Waals surface area contributed by atoms with Gasteiger partial charge in [-0.25, -0.2) is 0 Å². The van der Waals surface area contributed by atoms with Crippen LogP contribution in [0.1, 0.15) is 69.2 Å². The van der Waals surface area contributed by atoms with Crippen molar-refractivity contribution in [2.45, 2.75) is 64.4 Å². The lowest BCUT2D eigenvalue weighted by atomic mass is 9.47. The number of aryl methyl sites for hydroxylation is 1. The van der Waals surface area contributed by atoms with Gasteiger partial charge in [-0.15, -0.1) is 0 Å². The number of esters is 1. The Morgan fingerprint density at radius 3 is 2.56 bits per heavy atom. The third-order valence-electron chi connectivity index (χ3n) is 6.92. The van der Waals surface area contributed by atoms with Crippen LogP contribution in [0.15, 0.2) is 6.07 Å². The van der Waals surface area contributed by atoms with Crippen molar-refractivity contribution in [1.82, 2.24) is 0 Å². The van der Waals surface area contributed by atoms with Crippen LogP contribution in [0.5, 0.6) is 11.5 Å². The van der Waals surface area contributed by atoms with Gasteiger partial charge < -0.3 is 14.2 Å². The zero-order valence-corrected chi connectivity index (χ0v) is 15.9. The Bertz CT molecular complexity index is 736. The van der Waals surface area contributed by atoms with Crippen molar-refractivity contribution in [2.24, 2.45) is 11.3 Å². The number of methoxy groups -OCH3 is 2. The second-order valence-corrected chi connectivity index (χ2v) is 8.42. The predicted molar refractivity (Wildman–Crippen MR) is 95.2 cm³/mol. The first-order valence-corrected chi connectivity index (χ1v) is 9.40. The molecule has 2 aliphatic carbocycles. The molecule has 0 N–H and O–H groups in total. The molecule has 3 atom stereocenters. The standard InChI is InChI=1S/C21H28O4/c1-6-12-10-13-14-11-15-20(2,3)8-7-9-21(15,19(22)25-14)16(13)18(24-5)17(12)23-4/h10,14-15H,6-9,11H2,1-5H3. The summed E-state index contributed by atoms with van der Waals surface area (Å²) < 4.78 is 17.5. The molecule has 1 spiro atoms. The molecule has 2 heterocycles. The molecule has 1 aromatic carbocycles. The van der Waals surface area contributed by atoms with Gasteiger partial charge in [0.15, 0.2) is 11.5 Å². The van der Waals surface area contributed by atoms with Crippen LogP contribution in [-0.2, 0) is 21.4 Å². The lowest BCUT2D eigenvalue weighted by molar-refractivity contribution is -0.185. The fourth-order valence-electron chi connectivity index (χ4n) is 5.80. The molecule has 5 rings (SSSR count). The van der Waals surface area contributed by atoms with E-state index in [0.717, 1.165) is 60.3 Å². The summed E-state index contributed by atoms with van der Waals surface area (Å²) in [7, 11) is 3.37. The van der Waals surface area contributed by atoms with Gasteiger partial charge in [-0.2, -0.15) is 0 Å². The summed E-state index contributed by atoms with van der Waals surface area (Å²) >= 11 is 0. The Labute approximate surface area is 149 Å². The van der Waals surface area contributed by atoms with E-state index >= 15 is 0 Å². The van der Waals surface area contributed by atoms with Crippen LogP contribution < -0.4 is 9.47 Å². The van der Waals surface area contributed by atoms with Crippen molar-refractivity contribution in [3.8, 4) is 11.5 Å². The van der Waals surface area contributed by atoms with E-state index in [4.69, 9.17) is 14.2 Å². The van der Waals surface area contributed by atoms with Crippen molar-refractivity contribution in [1.29, 1.82) is 0 Å². The number of hydrogen-bond donors (Lipinski definition) is 0. The first kappa shape index (κ1) is 16.7. The van der Waals surface area contributed by atoms with Gasteiger partial charge in [0.25, 0.3) is 0 Å². The summed E-state index contributed by atoms with van der Waals surface area (Å²) in [6.45, 7) is 6.72. The van der Waals surface area contributed by atoms with Crippen LogP contribution in [0.4, 0.5) is 0 Å². The molecule has 25 heavy (non-hydrogen) atoms. The Morgan fingerprint density at radius 2 is 1.92 bits per heavy atom. The minimum atomic E-state index is -0.587. The molecule has 0 aromatic heterocycles. The normalized spacial score (nSPS) is 31.8. The van der Waals surface area contributed by atoms with Gasteiger partial charge in [0.2, 0.25) is 0 Å². The topological polar surface area (TPSA) is 44.8 Å². The molecule has 4 nitrogen and oxygen atoms in total. The van der Waals surface area contributed by atoms with Crippen LogP contribution in [0.3, 0.4) is 0 Å². The van der Waals surface area contributed by atoms with Crippen molar-refractivity contribution in [3.05, 3.63) is 22.8 Å². The summed E-state index contributed by atoms with van der Waals surface area (Å²) in [5, 5.41) is 0. The molecule has 136 valence electrons. The van der Waals surface area contributed by atoms with Crippen molar-refractivity contribution in [2.75, 3.05) is 14.2 Å². The SMILES string of the molecule is CCc1cc2c(c(OC)c1OC)C13CCCC(C)(C)C1CC2OC3=O. The van der Waals surface area contributed by atoms with E-state index in [1.165, 1.54) is 0 Å². The average molecular weight is 344 g/mol. The summed E-state index contributed by atoms with van der Waals surface area (Å²) in [6.07, 6.45) is 4.65. The number of carbonyl (C=O) groups is 1. The van der Waals surface area contributed by atoms with Crippen molar-refractivity contribution >= 4 is 5.97 Å². The molecule has 3 unspecified atom stereocenters. The van der Waals surface area contributed by atoms with Crippen LogP contribution in [0, 0.1) is 11.3 Å². The van der Waals surface area contributed by atoms with Crippen LogP contribution in [0.25, 0.3) is 0 Å². The monoisotopic (exact) mass is 344 g/mol. The maximum Gasteiger partial charge on any atom is 0.317 e. The number of hydrogen-bond acceptors (Lipinski definition) is 4. The molecule has 0 radical (unpaired) electrons. The maximum absolute atomic E-state index is 13.2. The molecule has 4 aliphatic rings. The van der Waals surface area contributed by atoms with Crippen molar-refractivity contribution in [3.63, 3.8) is 0 Å². The third kappa shape index (κ3) is 1.97. The summed E-state index contributed by atoms with van der Waals surface area (Å²) in [6, 6.07) is 2.19. The van der Waals surface area contributed by atoms with E-state index in [0.29, 0.717) is 5.92 Å². The van der Waals surface area contributed by atoms with Gasteiger partial charge in [0.05, 0.1) is 14.2 Å². The molecule has 1 saturated heterocycles. The third-order valence-corrected chi connectivity index (χ3v) is 6.92. The van der Waals surface area contributed by atoms with E-state index in [2.05, 4.69) is 26.8 Å². The fourth-order valence-corrected chi connectivity index (χ4v) is 5.80. The Balaban J connectivity index is 2.05. The van der Waals surface area contributed by atoms with Gasteiger partial charge in [0, 0.05) is 11.1 Å². The first-order chi connectivity index (χ1) is 11.9. The highest BCUT2D eigenvalue weighted by atomic mass is 16.6. The second-order valence-electron chi connectivity index (χ2n) is 8.42. The van der Waals surface area contributed by atoms with E-state index in [1.807, 2.05) is 0 Å². The highest BCUT2D eigenvalue weighted by Gasteiger charge is 2.65. The van der Waals surface area contributed by atoms with Gasteiger partial charge in [-0.05, 0) is 48.6 Å². The zero-order valence-electron chi connectivity index (χ0n) is 15.9.